The van der Waals surface area contributed by atoms with Gasteiger partial charge in [0.1, 0.15) is 0 Å². The molecule has 0 heterocycles. The Bertz CT molecular complexity index is 1030. The van der Waals surface area contributed by atoms with E-state index in [9.17, 15) is 0 Å². The largest absolute Gasteiger partial charge is 2.00 e. The molecule has 3 heteroatoms. The van der Waals surface area contributed by atoms with Crippen molar-refractivity contribution >= 4 is 0 Å². The molecule has 1 nitrogen and oxygen atoms in total. The fourth-order valence-corrected chi connectivity index (χ4v) is 6.85. The first-order chi connectivity index (χ1) is 36.0. The molecule has 3 aromatic carbocycles. The minimum Gasteiger partial charge on any atom is -0.382 e. The van der Waals surface area contributed by atoms with E-state index in [1.807, 2.05) is 157 Å². The Kier molecular flexibility index (Phi) is 200. The average Bonchev–Trinajstić information content (AvgIpc) is 3.47. The van der Waals surface area contributed by atoms with Gasteiger partial charge in [-0.05, 0) is 43.9 Å². The number of hydrogen-bond donors (Lipinski definition) is 0. The maximum absolute atomic E-state index is 4.98. The molecule has 82 heavy (non-hydrogen) atoms. The van der Waals surface area contributed by atoms with Crippen LogP contribution in [-0.2, 0) is 41.8 Å². The van der Waals surface area contributed by atoms with Crippen LogP contribution in [0, 0.1) is 69.4 Å². The molecule has 0 N–H and O–H groups in total. The van der Waals surface area contributed by atoms with Gasteiger partial charge in [-0.1, -0.05) is 349 Å². The quantitative estimate of drug-likeness (QED) is 0.187. The molecule has 0 aliphatic heterocycles. The summed E-state index contributed by atoms with van der Waals surface area (Å²) < 4.78 is 4.98. The third-order valence-electron chi connectivity index (χ3n) is 10.9. The van der Waals surface area contributed by atoms with Gasteiger partial charge >= 0.3 is 37.1 Å². The Morgan fingerprint density at radius 1 is 0.390 bits per heavy atom. The summed E-state index contributed by atoms with van der Waals surface area (Å²) in [6, 6.07) is 31.9. The molecule has 4 aliphatic rings. The molecule has 3 aromatic rings. The summed E-state index contributed by atoms with van der Waals surface area (Å²) in [6.07, 6.45) is 36.0. The van der Waals surface area contributed by atoms with Gasteiger partial charge < -0.3 is 17.6 Å². The maximum Gasteiger partial charge on any atom is 2.00 e. The van der Waals surface area contributed by atoms with Crippen molar-refractivity contribution < 1.29 is 41.8 Å². The predicted octanol–water partition coefficient (Wildman–Crippen LogP) is 30.2. The van der Waals surface area contributed by atoms with Crippen LogP contribution in [0.15, 0.2) is 78.9 Å². The number of benzene rings is 3. The Balaban J connectivity index is -0.0000000372. The first-order valence-electron chi connectivity index (χ1n) is 32.1. The third kappa shape index (κ3) is 133. The Morgan fingerprint density at radius 2 is 0.646 bits per heavy atom. The van der Waals surface area contributed by atoms with Crippen molar-refractivity contribution in [1.82, 2.24) is 0 Å². The van der Waals surface area contributed by atoms with E-state index >= 15 is 0 Å². The number of rotatable bonds is 4. The van der Waals surface area contributed by atoms with Crippen LogP contribution in [-0.4, -0.2) is 13.2 Å². The van der Waals surface area contributed by atoms with Gasteiger partial charge in [0.05, 0.1) is 0 Å². The van der Waals surface area contributed by atoms with Crippen molar-refractivity contribution in [3.05, 3.63) is 121 Å². The molecule has 4 fully saturated rings. The van der Waals surface area contributed by atoms with Gasteiger partial charge in [-0.15, -0.1) is 0 Å². The van der Waals surface area contributed by atoms with Crippen molar-refractivity contribution in [3.63, 3.8) is 0 Å². The Labute approximate surface area is 554 Å². The van der Waals surface area contributed by atoms with Crippen molar-refractivity contribution in [2.24, 2.45) is 23.7 Å². The maximum atomic E-state index is 4.98. The van der Waals surface area contributed by atoms with Gasteiger partial charge in [-0.25, -0.2) is 0 Å². The molecule has 2 radical (unpaired) electrons. The molecule has 0 unspecified atom stereocenters. The number of hydrogen-bond acceptors (Lipinski definition) is 1. The van der Waals surface area contributed by atoms with Crippen LogP contribution in [0.1, 0.15) is 355 Å². The van der Waals surface area contributed by atoms with E-state index < -0.39 is 0 Å². The van der Waals surface area contributed by atoms with E-state index in [1.54, 1.807) is 0 Å². The van der Waals surface area contributed by atoms with Crippen LogP contribution in [0.4, 0.5) is 0 Å². The third-order valence-corrected chi connectivity index (χ3v) is 10.9. The van der Waals surface area contributed by atoms with Crippen molar-refractivity contribution in [3.8, 4) is 0 Å². The first-order valence-corrected chi connectivity index (χ1v) is 32.1. The molecule has 0 bridgehead atoms. The summed E-state index contributed by atoms with van der Waals surface area (Å²) in [4.78, 5) is 0. The van der Waals surface area contributed by atoms with E-state index in [0.717, 1.165) is 43.3 Å². The van der Waals surface area contributed by atoms with Crippen LogP contribution >= 0.6 is 0 Å². The van der Waals surface area contributed by atoms with Crippen LogP contribution in [0.25, 0.3) is 0 Å². The Hall–Kier alpha value is -1.21. The summed E-state index contributed by atoms with van der Waals surface area (Å²) in [7, 11) is 0. The summed E-state index contributed by atoms with van der Waals surface area (Å²) in [5, 5.41) is 0. The summed E-state index contributed by atoms with van der Waals surface area (Å²) >= 11 is 0. The fourth-order valence-electron chi connectivity index (χ4n) is 6.85. The second-order valence-corrected chi connectivity index (χ2v) is 18.2. The van der Waals surface area contributed by atoms with Crippen molar-refractivity contribution in [1.29, 1.82) is 0 Å². The van der Waals surface area contributed by atoms with Gasteiger partial charge in [-0.3, -0.25) is 0 Å². The summed E-state index contributed by atoms with van der Waals surface area (Å²) in [6.45, 7) is 54.0. The second kappa shape index (κ2) is 130. The SMILES string of the molecule is C.C.C.C.C.C.CC.CC.CC.CC.CC.CC.CC1CCCCC1.CC1CC[CH-]CC1.CC1CC[CH-]CC1.CCC.CCC.CCC1CCCCC1.CCCOCC.Cc1cc[c-]cc1.Cc1cc[c-]cc1.Cc1ccccc1.[V+2].[V+2]. The molecule has 0 atom stereocenters. The zero-order valence-corrected chi connectivity index (χ0v) is 59.5. The van der Waals surface area contributed by atoms with Gasteiger partial charge in [-0.2, -0.15) is 97.5 Å². The van der Waals surface area contributed by atoms with Gasteiger partial charge in [0.2, 0.25) is 0 Å². The van der Waals surface area contributed by atoms with E-state index in [4.69, 9.17) is 4.74 Å². The standard InChI is InChI=1S/C8H16.C7H14.2C7H13.C7H8.2C7H7.C5H12O.2C3H8.6C2H6.6CH4.2V/c1-2-8-6-4-3-5-7-8;6*1-7-5-3-2-4-6-7;1-3-5-6-4-2;2*1-3-2;6*1-2;;;;;;;;/h8H,2-7H2,1H3;7H,2-6H2,1H3;2*2,7H,3-6H2,1H3;2-6H,1H3;2*3-6H,1H3;3-5H2,1-2H3;2*3H2,1-2H3;6*1-2H3;6*1H4;;/q;;2*-1;;2*-1;;;;;;;;;;;;;;;;2*+2. The molecular formula is C79H166OV2. The van der Waals surface area contributed by atoms with Gasteiger partial charge in [0.25, 0.3) is 0 Å². The molecular weight excluding hydrogens is 1070 g/mol. The molecule has 4 aliphatic carbocycles. The van der Waals surface area contributed by atoms with Crippen LogP contribution in [0.2, 0.25) is 0 Å². The van der Waals surface area contributed by atoms with E-state index in [1.165, 1.54) is 152 Å². The minimum atomic E-state index is 0. The molecule has 0 aromatic heterocycles. The van der Waals surface area contributed by atoms with Crippen LogP contribution in [0.3, 0.4) is 0 Å². The topological polar surface area (TPSA) is 9.23 Å². The zero-order valence-electron chi connectivity index (χ0n) is 56.7. The monoisotopic (exact) mass is 1230 g/mol. The van der Waals surface area contributed by atoms with Crippen molar-refractivity contribution in [2.45, 2.75) is 359 Å². The summed E-state index contributed by atoms with van der Waals surface area (Å²) in [5.74, 6) is 4.13. The molecule has 4 saturated carbocycles. The molecule has 498 valence electrons. The molecule has 0 spiro atoms. The van der Waals surface area contributed by atoms with Crippen LogP contribution in [0.5, 0.6) is 0 Å². The normalized spacial score (nSPS) is 12.5. The van der Waals surface area contributed by atoms with Gasteiger partial charge in [0.15, 0.2) is 0 Å². The Morgan fingerprint density at radius 3 is 0.780 bits per heavy atom. The molecule has 7 rings (SSSR count). The molecule has 0 saturated heterocycles. The van der Waals surface area contributed by atoms with E-state index in [2.05, 4.69) is 120 Å². The average molecular weight is 1230 g/mol. The fraction of sp³-hybridized carbons (Fsp3) is 0.747. The molecule has 0 amide bonds. The number of aryl methyl sites for hydroxylation is 3. The second-order valence-electron chi connectivity index (χ2n) is 18.2. The number of ether oxygens (including phenoxy) is 1. The minimum absolute atomic E-state index is 0. The van der Waals surface area contributed by atoms with Crippen molar-refractivity contribution in [2.75, 3.05) is 13.2 Å². The van der Waals surface area contributed by atoms with E-state index in [0.29, 0.717) is 0 Å². The van der Waals surface area contributed by atoms with E-state index in [-0.39, 0.29) is 81.7 Å². The summed E-state index contributed by atoms with van der Waals surface area (Å²) in [5.41, 5.74) is 3.90. The predicted molar refractivity (Wildman–Crippen MR) is 391 cm³/mol. The smallest absolute Gasteiger partial charge is 0.382 e. The first kappa shape index (κ1) is 126. The van der Waals surface area contributed by atoms with Crippen LogP contribution < -0.4 is 0 Å². The van der Waals surface area contributed by atoms with Gasteiger partial charge in [0, 0.05) is 13.2 Å². The zero-order chi connectivity index (χ0) is 58.7.